The second-order valence-electron chi connectivity index (χ2n) is 7.54. The third-order valence-electron chi connectivity index (χ3n) is 5.30. The van der Waals surface area contributed by atoms with E-state index in [1.54, 1.807) is 0 Å². The van der Waals surface area contributed by atoms with Crippen LogP contribution in [0.15, 0.2) is 59.0 Å². The third kappa shape index (κ3) is 4.67. The Morgan fingerprint density at radius 2 is 2.07 bits per heavy atom. The van der Waals surface area contributed by atoms with Crippen molar-refractivity contribution in [2.24, 2.45) is 5.92 Å². The van der Waals surface area contributed by atoms with Gasteiger partial charge < -0.3 is 15.1 Å². The topological polar surface area (TPSA) is 78.3 Å². The van der Waals surface area contributed by atoms with Crippen LogP contribution in [0.5, 0.6) is 0 Å². The lowest BCUT2D eigenvalue weighted by molar-refractivity contribution is 0.0953. The van der Waals surface area contributed by atoms with Crippen molar-refractivity contribution in [1.29, 1.82) is 0 Å². The highest BCUT2D eigenvalue weighted by atomic mass is 16.3. The van der Waals surface area contributed by atoms with E-state index in [-0.39, 0.29) is 11.9 Å². The molecule has 1 aliphatic rings. The van der Waals surface area contributed by atoms with E-state index in [9.17, 15) is 4.79 Å². The number of para-hydroxylation sites is 1. The number of nitrogens with one attached hydrogen (secondary N) is 4. The SMILES string of the molecule is CCCNC(=O)c1cccc(CNCC2CNNC2c2cc3ccccc3o2)c1. The summed E-state index contributed by atoms with van der Waals surface area (Å²) in [6.45, 7) is 5.18. The molecule has 4 rings (SSSR count). The van der Waals surface area contributed by atoms with Gasteiger partial charge in [0.1, 0.15) is 11.3 Å². The van der Waals surface area contributed by atoms with Crippen LogP contribution in [0.25, 0.3) is 11.0 Å². The molecule has 6 nitrogen and oxygen atoms in total. The number of carbonyl (C=O) groups excluding carboxylic acids is 1. The average Bonchev–Trinajstić information content (AvgIpc) is 3.38. The van der Waals surface area contributed by atoms with E-state index in [2.05, 4.69) is 33.6 Å². The molecule has 2 heterocycles. The molecule has 3 aromatic rings. The van der Waals surface area contributed by atoms with Gasteiger partial charge in [-0.3, -0.25) is 10.2 Å². The molecule has 0 saturated carbocycles. The molecule has 0 aliphatic carbocycles. The molecule has 1 amide bonds. The summed E-state index contributed by atoms with van der Waals surface area (Å²) in [4.78, 5) is 12.2. The summed E-state index contributed by atoms with van der Waals surface area (Å²) < 4.78 is 6.05. The molecular formula is C23H28N4O2. The smallest absolute Gasteiger partial charge is 0.251 e. The lowest BCUT2D eigenvalue weighted by atomic mass is 9.99. The minimum Gasteiger partial charge on any atom is -0.459 e. The number of hydrogen-bond acceptors (Lipinski definition) is 5. The molecule has 4 N–H and O–H groups in total. The molecule has 152 valence electrons. The Labute approximate surface area is 171 Å². The van der Waals surface area contributed by atoms with Gasteiger partial charge >= 0.3 is 0 Å². The molecule has 6 heteroatoms. The van der Waals surface area contributed by atoms with Crippen LogP contribution in [-0.2, 0) is 6.54 Å². The summed E-state index contributed by atoms with van der Waals surface area (Å²) in [5.74, 6) is 1.31. The van der Waals surface area contributed by atoms with Gasteiger partial charge in [-0.05, 0) is 36.2 Å². The van der Waals surface area contributed by atoms with E-state index in [4.69, 9.17) is 4.42 Å². The van der Waals surface area contributed by atoms with Crippen LogP contribution in [0.2, 0.25) is 0 Å². The van der Waals surface area contributed by atoms with Crippen molar-refractivity contribution in [2.75, 3.05) is 19.6 Å². The van der Waals surface area contributed by atoms with Gasteiger partial charge in [0, 0.05) is 43.0 Å². The zero-order valence-electron chi connectivity index (χ0n) is 16.7. The molecule has 0 bridgehead atoms. The Kier molecular flexibility index (Phi) is 6.24. The number of rotatable bonds is 8. The van der Waals surface area contributed by atoms with Crippen LogP contribution in [0.1, 0.15) is 41.1 Å². The van der Waals surface area contributed by atoms with Crippen LogP contribution in [0.4, 0.5) is 0 Å². The molecule has 1 aromatic heterocycles. The predicted octanol–water partition coefficient (Wildman–Crippen LogP) is 3.13. The predicted molar refractivity (Wildman–Crippen MR) is 114 cm³/mol. The highest BCUT2D eigenvalue weighted by Gasteiger charge is 2.30. The minimum absolute atomic E-state index is 0.0113. The number of amides is 1. The normalized spacial score (nSPS) is 18.9. The van der Waals surface area contributed by atoms with Crippen molar-refractivity contribution in [3.8, 4) is 0 Å². The van der Waals surface area contributed by atoms with E-state index >= 15 is 0 Å². The van der Waals surface area contributed by atoms with Crippen LogP contribution in [0.3, 0.4) is 0 Å². The van der Waals surface area contributed by atoms with Crippen molar-refractivity contribution in [2.45, 2.75) is 25.9 Å². The molecule has 2 unspecified atom stereocenters. The molecule has 2 atom stereocenters. The summed E-state index contributed by atoms with van der Waals surface area (Å²) in [5.41, 5.74) is 9.33. The van der Waals surface area contributed by atoms with E-state index in [0.717, 1.165) is 48.3 Å². The van der Waals surface area contributed by atoms with Crippen molar-refractivity contribution in [1.82, 2.24) is 21.5 Å². The molecule has 29 heavy (non-hydrogen) atoms. The van der Waals surface area contributed by atoms with Gasteiger partial charge in [0.05, 0.1) is 6.04 Å². The summed E-state index contributed by atoms with van der Waals surface area (Å²) >= 11 is 0. The Morgan fingerprint density at radius 3 is 2.93 bits per heavy atom. The van der Waals surface area contributed by atoms with Gasteiger partial charge in [-0.1, -0.05) is 37.3 Å². The Bertz CT molecular complexity index is 935. The lowest BCUT2D eigenvalue weighted by Crippen LogP contribution is -2.28. The van der Waals surface area contributed by atoms with Crippen LogP contribution < -0.4 is 21.5 Å². The number of carbonyl (C=O) groups is 1. The number of benzene rings is 2. The fourth-order valence-corrected chi connectivity index (χ4v) is 3.75. The molecule has 1 saturated heterocycles. The Hall–Kier alpha value is -2.67. The van der Waals surface area contributed by atoms with Crippen LogP contribution in [-0.4, -0.2) is 25.5 Å². The van der Waals surface area contributed by atoms with Crippen molar-refractivity contribution in [3.63, 3.8) is 0 Å². The molecule has 0 radical (unpaired) electrons. The first-order valence-electron chi connectivity index (χ1n) is 10.3. The molecule has 1 aliphatic heterocycles. The summed E-state index contributed by atoms with van der Waals surface area (Å²) in [7, 11) is 0. The number of hydrogen-bond donors (Lipinski definition) is 4. The number of furan rings is 1. The second kappa shape index (κ2) is 9.22. The van der Waals surface area contributed by atoms with Crippen molar-refractivity contribution in [3.05, 3.63) is 71.5 Å². The molecule has 0 spiro atoms. The van der Waals surface area contributed by atoms with Gasteiger partial charge in [0.2, 0.25) is 0 Å². The monoisotopic (exact) mass is 392 g/mol. The number of fused-ring (bicyclic) bond motifs is 1. The third-order valence-corrected chi connectivity index (χ3v) is 5.30. The minimum atomic E-state index is -0.0113. The second-order valence-corrected chi connectivity index (χ2v) is 7.54. The Morgan fingerprint density at radius 1 is 1.17 bits per heavy atom. The molecule has 1 fully saturated rings. The standard InChI is InChI=1S/C23H28N4O2/c1-2-10-25-23(28)18-8-5-6-16(11-18)13-24-14-19-15-26-27-22(19)21-12-17-7-3-4-9-20(17)29-21/h3-9,11-12,19,22,24,26-27H,2,10,13-15H2,1H3,(H,25,28). The number of hydrazine groups is 1. The fourth-order valence-electron chi connectivity index (χ4n) is 3.75. The quantitative estimate of drug-likeness (QED) is 0.474. The van der Waals surface area contributed by atoms with Crippen molar-refractivity contribution >= 4 is 16.9 Å². The van der Waals surface area contributed by atoms with E-state index in [1.165, 1.54) is 0 Å². The highest BCUT2D eigenvalue weighted by Crippen LogP contribution is 2.29. The average molecular weight is 393 g/mol. The largest absolute Gasteiger partial charge is 0.459 e. The van der Waals surface area contributed by atoms with Gasteiger partial charge in [0.25, 0.3) is 5.91 Å². The van der Waals surface area contributed by atoms with Gasteiger partial charge in [-0.25, -0.2) is 5.43 Å². The first kappa shape index (κ1) is 19.6. The highest BCUT2D eigenvalue weighted by molar-refractivity contribution is 5.94. The Balaban J connectivity index is 1.34. The summed E-state index contributed by atoms with van der Waals surface area (Å²) in [6.07, 6.45) is 0.933. The van der Waals surface area contributed by atoms with Gasteiger partial charge in [-0.2, -0.15) is 0 Å². The summed E-state index contributed by atoms with van der Waals surface area (Å²) in [6, 6.07) is 18.1. The zero-order valence-corrected chi connectivity index (χ0v) is 16.7. The maximum Gasteiger partial charge on any atom is 0.251 e. The van der Waals surface area contributed by atoms with Gasteiger partial charge in [0.15, 0.2) is 0 Å². The first-order valence-corrected chi connectivity index (χ1v) is 10.3. The van der Waals surface area contributed by atoms with Crippen LogP contribution >= 0.6 is 0 Å². The first-order chi connectivity index (χ1) is 14.2. The molecular weight excluding hydrogens is 364 g/mol. The maximum atomic E-state index is 12.2. The fraction of sp³-hybridized carbons (Fsp3) is 0.348. The van der Waals surface area contributed by atoms with Gasteiger partial charge in [-0.15, -0.1) is 0 Å². The van der Waals surface area contributed by atoms with E-state index in [1.807, 2.05) is 49.4 Å². The van der Waals surface area contributed by atoms with E-state index < -0.39 is 0 Å². The lowest BCUT2D eigenvalue weighted by Gasteiger charge is -2.17. The van der Waals surface area contributed by atoms with Crippen molar-refractivity contribution < 1.29 is 9.21 Å². The summed E-state index contributed by atoms with van der Waals surface area (Å²) in [5, 5.41) is 7.58. The zero-order chi connectivity index (χ0) is 20.1. The van der Waals surface area contributed by atoms with E-state index in [0.29, 0.717) is 18.0 Å². The molecule has 2 aromatic carbocycles. The maximum absolute atomic E-state index is 12.2. The van der Waals surface area contributed by atoms with Crippen LogP contribution in [0, 0.1) is 5.92 Å².